The number of anilines is 1. The molecule has 2 aromatic carbocycles. The number of halogens is 1. The highest BCUT2D eigenvalue weighted by molar-refractivity contribution is 5.95. The number of benzene rings is 2. The fourth-order valence-electron chi connectivity index (χ4n) is 3.82. The Morgan fingerprint density at radius 2 is 1.90 bits per heavy atom. The number of hydrogen-bond donors (Lipinski definition) is 2. The molecule has 1 aromatic heterocycles. The zero-order chi connectivity index (χ0) is 20.2. The lowest BCUT2D eigenvalue weighted by Crippen LogP contribution is -2.28. The molecule has 1 amide bonds. The molecular formula is C23H27ClN4O2. The maximum Gasteiger partial charge on any atom is 0.229 e. The average molecular weight is 427 g/mol. The number of para-hydroxylation sites is 2. The highest BCUT2D eigenvalue weighted by atomic mass is 35.5. The summed E-state index contributed by atoms with van der Waals surface area (Å²) in [4.78, 5) is 13.1. The lowest BCUT2D eigenvalue weighted by atomic mass is 9.90. The first-order valence-electron chi connectivity index (χ1n) is 9.92. The minimum Gasteiger partial charge on any atom is -0.484 e. The standard InChI is InChI=1S/C23H26N4O2.ClH/c1-16(17-8-4-3-5-9-17)29-22-11-7-6-10-21(22)26-23(28)20-14-24-13-19(20)18-12-25-27(2)15-18;/h3-12,15-16,19-20,24H,13-14H2,1-2H3,(H,26,28);1H/t16?,19-,20+;/m1./s1. The topological polar surface area (TPSA) is 68.2 Å². The van der Waals surface area contributed by atoms with Gasteiger partial charge in [-0.05, 0) is 30.2 Å². The number of nitrogens with zero attached hydrogens (tertiary/aromatic N) is 2. The van der Waals surface area contributed by atoms with Crippen LogP contribution in [0, 0.1) is 5.92 Å². The molecule has 1 fully saturated rings. The molecule has 0 aliphatic carbocycles. The van der Waals surface area contributed by atoms with Crippen LogP contribution in [-0.4, -0.2) is 28.8 Å². The molecule has 0 saturated carbocycles. The van der Waals surface area contributed by atoms with E-state index in [0.717, 1.165) is 17.7 Å². The van der Waals surface area contributed by atoms with Crippen LogP contribution in [-0.2, 0) is 11.8 Å². The Morgan fingerprint density at radius 3 is 2.63 bits per heavy atom. The predicted molar refractivity (Wildman–Crippen MR) is 120 cm³/mol. The van der Waals surface area contributed by atoms with E-state index in [1.165, 1.54) is 0 Å². The van der Waals surface area contributed by atoms with Gasteiger partial charge in [-0.1, -0.05) is 42.5 Å². The summed E-state index contributed by atoms with van der Waals surface area (Å²) in [7, 11) is 1.89. The van der Waals surface area contributed by atoms with Gasteiger partial charge in [0.2, 0.25) is 5.91 Å². The molecule has 1 unspecified atom stereocenters. The molecule has 1 aliphatic heterocycles. The van der Waals surface area contributed by atoms with E-state index < -0.39 is 0 Å². The Kier molecular flexibility index (Phi) is 7.13. The van der Waals surface area contributed by atoms with Crippen molar-refractivity contribution in [3.63, 3.8) is 0 Å². The molecule has 0 spiro atoms. The van der Waals surface area contributed by atoms with Crippen molar-refractivity contribution in [2.24, 2.45) is 13.0 Å². The first kappa shape index (κ1) is 21.9. The molecule has 1 aliphatic rings. The van der Waals surface area contributed by atoms with Gasteiger partial charge in [-0.2, -0.15) is 5.10 Å². The van der Waals surface area contributed by atoms with E-state index in [9.17, 15) is 4.79 Å². The third kappa shape index (κ3) is 4.83. The van der Waals surface area contributed by atoms with Gasteiger partial charge in [0.15, 0.2) is 0 Å². The molecule has 2 N–H and O–H groups in total. The molecule has 158 valence electrons. The molecule has 7 heteroatoms. The van der Waals surface area contributed by atoms with Gasteiger partial charge in [-0.15, -0.1) is 12.4 Å². The van der Waals surface area contributed by atoms with Crippen LogP contribution in [0.5, 0.6) is 5.75 Å². The monoisotopic (exact) mass is 426 g/mol. The van der Waals surface area contributed by atoms with Gasteiger partial charge in [-0.25, -0.2) is 0 Å². The number of rotatable bonds is 6. The Balaban J connectivity index is 0.00000256. The largest absolute Gasteiger partial charge is 0.484 e. The third-order valence-corrected chi connectivity index (χ3v) is 5.42. The lowest BCUT2D eigenvalue weighted by molar-refractivity contribution is -0.119. The quantitative estimate of drug-likeness (QED) is 0.626. The average Bonchev–Trinajstić information content (AvgIpc) is 3.39. The lowest BCUT2D eigenvalue weighted by Gasteiger charge is -2.20. The van der Waals surface area contributed by atoms with Crippen LogP contribution in [0.2, 0.25) is 0 Å². The van der Waals surface area contributed by atoms with Crippen LogP contribution in [0.15, 0.2) is 67.0 Å². The number of aromatic nitrogens is 2. The van der Waals surface area contributed by atoms with Gasteiger partial charge in [0.05, 0.1) is 17.8 Å². The highest BCUT2D eigenvalue weighted by Crippen LogP contribution is 2.32. The molecule has 6 nitrogen and oxygen atoms in total. The first-order chi connectivity index (χ1) is 14.1. The number of aryl methyl sites for hydroxylation is 1. The van der Waals surface area contributed by atoms with Crippen molar-refractivity contribution in [2.75, 3.05) is 18.4 Å². The van der Waals surface area contributed by atoms with Crippen molar-refractivity contribution < 1.29 is 9.53 Å². The van der Waals surface area contributed by atoms with E-state index in [2.05, 4.69) is 15.7 Å². The second-order valence-corrected chi connectivity index (χ2v) is 7.47. The van der Waals surface area contributed by atoms with Crippen LogP contribution in [0.25, 0.3) is 0 Å². The summed E-state index contributed by atoms with van der Waals surface area (Å²) >= 11 is 0. The SMILES string of the molecule is CC(Oc1ccccc1NC(=O)[C@H]1CNC[C@@H]1c1cnn(C)c1)c1ccccc1.Cl. The number of hydrogen-bond acceptors (Lipinski definition) is 4. The molecule has 2 heterocycles. The van der Waals surface area contributed by atoms with E-state index in [-0.39, 0.29) is 36.3 Å². The third-order valence-electron chi connectivity index (χ3n) is 5.42. The summed E-state index contributed by atoms with van der Waals surface area (Å²) in [6.07, 6.45) is 3.71. The number of nitrogens with one attached hydrogen (secondary N) is 2. The normalized spacial score (nSPS) is 19.0. The van der Waals surface area contributed by atoms with Crippen molar-refractivity contribution >= 4 is 24.0 Å². The van der Waals surface area contributed by atoms with E-state index in [1.54, 1.807) is 4.68 Å². The van der Waals surface area contributed by atoms with E-state index >= 15 is 0 Å². The fourth-order valence-corrected chi connectivity index (χ4v) is 3.82. The first-order valence-corrected chi connectivity index (χ1v) is 9.92. The van der Waals surface area contributed by atoms with Crippen LogP contribution in [0.3, 0.4) is 0 Å². The molecule has 0 radical (unpaired) electrons. The van der Waals surface area contributed by atoms with Crippen molar-refractivity contribution in [3.05, 3.63) is 78.1 Å². The second-order valence-electron chi connectivity index (χ2n) is 7.47. The Labute approximate surface area is 183 Å². The van der Waals surface area contributed by atoms with Crippen molar-refractivity contribution in [2.45, 2.75) is 18.9 Å². The van der Waals surface area contributed by atoms with Gasteiger partial charge in [0, 0.05) is 32.3 Å². The summed E-state index contributed by atoms with van der Waals surface area (Å²) in [6, 6.07) is 17.6. The van der Waals surface area contributed by atoms with Crippen molar-refractivity contribution in [1.82, 2.24) is 15.1 Å². The molecule has 3 atom stereocenters. The molecule has 3 aromatic rings. The summed E-state index contributed by atoms with van der Waals surface area (Å²) in [5.74, 6) is 0.618. The van der Waals surface area contributed by atoms with Gasteiger partial charge < -0.3 is 15.4 Å². The molecule has 30 heavy (non-hydrogen) atoms. The molecule has 0 bridgehead atoms. The van der Waals surface area contributed by atoms with Crippen LogP contribution >= 0.6 is 12.4 Å². The highest BCUT2D eigenvalue weighted by Gasteiger charge is 2.35. The Bertz CT molecular complexity index is 976. The van der Waals surface area contributed by atoms with Gasteiger partial charge >= 0.3 is 0 Å². The minimum absolute atomic E-state index is 0. The van der Waals surface area contributed by atoms with Gasteiger partial charge in [-0.3, -0.25) is 9.48 Å². The van der Waals surface area contributed by atoms with Crippen LogP contribution in [0.4, 0.5) is 5.69 Å². The number of ether oxygens (including phenoxy) is 1. The number of carbonyl (C=O) groups excluding carboxylic acids is 1. The molecule has 4 rings (SSSR count). The van der Waals surface area contributed by atoms with Crippen molar-refractivity contribution in [1.29, 1.82) is 0 Å². The zero-order valence-corrected chi connectivity index (χ0v) is 17.9. The van der Waals surface area contributed by atoms with E-state index in [4.69, 9.17) is 4.74 Å². The summed E-state index contributed by atoms with van der Waals surface area (Å²) in [6.45, 7) is 3.43. The summed E-state index contributed by atoms with van der Waals surface area (Å²) in [5.41, 5.74) is 2.86. The van der Waals surface area contributed by atoms with Gasteiger partial charge in [0.25, 0.3) is 0 Å². The van der Waals surface area contributed by atoms with Gasteiger partial charge in [0.1, 0.15) is 11.9 Å². The summed E-state index contributed by atoms with van der Waals surface area (Å²) < 4.78 is 7.94. The van der Waals surface area contributed by atoms with E-state index in [0.29, 0.717) is 18.0 Å². The Morgan fingerprint density at radius 1 is 1.17 bits per heavy atom. The zero-order valence-electron chi connectivity index (χ0n) is 17.1. The molecule has 1 saturated heterocycles. The fraction of sp³-hybridized carbons (Fsp3) is 0.304. The number of amides is 1. The number of carbonyl (C=O) groups is 1. The minimum atomic E-state index is -0.154. The summed E-state index contributed by atoms with van der Waals surface area (Å²) in [5, 5.41) is 10.7. The van der Waals surface area contributed by atoms with Crippen LogP contribution < -0.4 is 15.4 Å². The molecular weight excluding hydrogens is 400 g/mol. The van der Waals surface area contributed by atoms with Crippen LogP contribution in [0.1, 0.15) is 30.1 Å². The maximum absolute atomic E-state index is 13.1. The maximum atomic E-state index is 13.1. The smallest absolute Gasteiger partial charge is 0.229 e. The predicted octanol–water partition coefficient (Wildman–Crippen LogP) is 3.92. The second kappa shape index (κ2) is 9.78. The van der Waals surface area contributed by atoms with E-state index in [1.807, 2.05) is 81.0 Å². The Hall–Kier alpha value is -2.83. The van der Waals surface area contributed by atoms with Crippen molar-refractivity contribution in [3.8, 4) is 5.75 Å².